The minimum Gasteiger partial charge on any atom is -0.493 e. The summed E-state index contributed by atoms with van der Waals surface area (Å²) < 4.78 is 6.04. The van der Waals surface area contributed by atoms with Gasteiger partial charge in [0.1, 0.15) is 11.9 Å². The van der Waals surface area contributed by atoms with Gasteiger partial charge >= 0.3 is 0 Å². The molecule has 3 rings (SSSR count). The molecule has 1 heterocycles. The summed E-state index contributed by atoms with van der Waals surface area (Å²) >= 11 is 0. The van der Waals surface area contributed by atoms with Crippen LogP contribution in [0.1, 0.15) is 48.3 Å². The quantitative estimate of drug-likeness (QED) is 0.537. The third-order valence-electron chi connectivity index (χ3n) is 4.57. The molecule has 0 aromatic heterocycles. The van der Waals surface area contributed by atoms with E-state index in [-0.39, 0.29) is 12.1 Å². The second-order valence-electron chi connectivity index (χ2n) is 6.43. The maximum absolute atomic E-state index is 13.0. The zero-order valence-corrected chi connectivity index (χ0v) is 15.3. The number of unbranched alkanes of at least 4 members (excludes halogenated alkanes) is 2. The second kappa shape index (κ2) is 8.56. The van der Waals surface area contributed by atoms with E-state index in [1.54, 1.807) is 11.0 Å². The molecule has 0 radical (unpaired) electrons. The average Bonchev–Trinajstić information content (AvgIpc) is 2.68. The molecule has 4 heteroatoms. The lowest BCUT2D eigenvalue weighted by atomic mass is 10.0. The van der Waals surface area contributed by atoms with Gasteiger partial charge in [-0.25, -0.2) is 0 Å². The summed E-state index contributed by atoms with van der Waals surface area (Å²) in [5, 5.41) is 3.50. The van der Waals surface area contributed by atoms with Gasteiger partial charge in [-0.15, -0.1) is 6.58 Å². The Hall–Kier alpha value is -2.75. The first-order valence-corrected chi connectivity index (χ1v) is 9.25. The number of hydrogen-bond donors (Lipinski definition) is 1. The molecule has 2 aromatic rings. The molecule has 4 nitrogen and oxygen atoms in total. The van der Waals surface area contributed by atoms with E-state index < -0.39 is 0 Å². The summed E-state index contributed by atoms with van der Waals surface area (Å²) in [6.07, 6.45) is 4.82. The van der Waals surface area contributed by atoms with Crippen LogP contribution in [0.5, 0.6) is 5.75 Å². The highest BCUT2D eigenvalue weighted by molar-refractivity contribution is 6.01. The number of benzene rings is 2. The number of nitrogens with zero attached hydrogens (tertiary/aromatic N) is 1. The number of carbonyl (C=O) groups is 1. The summed E-state index contributed by atoms with van der Waals surface area (Å²) in [5.74, 6) is 0.826. The summed E-state index contributed by atoms with van der Waals surface area (Å²) in [6, 6.07) is 15.6. The lowest BCUT2D eigenvalue weighted by Gasteiger charge is -2.38. The predicted octanol–water partition coefficient (Wildman–Crippen LogP) is 5.01. The van der Waals surface area contributed by atoms with Crippen LogP contribution in [0.3, 0.4) is 0 Å². The normalized spacial score (nSPS) is 16.0. The van der Waals surface area contributed by atoms with Crippen molar-refractivity contribution in [3.8, 4) is 5.75 Å². The van der Waals surface area contributed by atoms with Gasteiger partial charge in [0.15, 0.2) is 0 Å². The molecule has 136 valence electrons. The summed E-state index contributed by atoms with van der Waals surface area (Å²) in [6.45, 7) is 7.14. The lowest BCUT2D eigenvalue weighted by Crippen LogP contribution is -2.43. The van der Waals surface area contributed by atoms with Gasteiger partial charge in [0, 0.05) is 17.8 Å². The van der Waals surface area contributed by atoms with Crippen molar-refractivity contribution in [2.45, 2.75) is 32.4 Å². The van der Waals surface area contributed by atoms with E-state index in [1.807, 2.05) is 48.5 Å². The number of para-hydroxylation sites is 2. The number of hydrogen-bond acceptors (Lipinski definition) is 3. The molecule has 1 atom stereocenters. The maximum atomic E-state index is 13.0. The van der Waals surface area contributed by atoms with Crippen LogP contribution in [0.25, 0.3) is 0 Å². The van der Waals surface area contributed by atoms with E-state index in [2.05, 4.69) is 18.8 Å². The van der Waals surface area contributed by atoms with E-state index in [4.69, 9.17) is 4.74 Å². The van der Waals surface area contributed by atoms with Gasteiger partial charge < -0.3 is 15.0 Å². The van der Waals surface area contributed by atoms with Crippen molar-refractivity contribution in [2.24, 2.45) is 0 Å². The molecular weight excluding hydrogens is 324 g/mol. The summed E-state index contributed by atoms with van der Waals surface area (Å²) in [7, 11) is 0. The average molecular weight is 350 g/mol. The Labute approximate surface area is 155 Å². The minimum absolute atomic E-state index is 0.00466. The van der Waals surface area contributed by atoms with Crippen LogP contribution in [0.15, 0.2) is 61.2 Å². The fourth-order valence-electron chi connectivity index (χ4n) is 3.24. The van der Waals surface area contributed by atoms with Gasteiger partial charge in [-0.1, -0.05) is 56.2 Å². The fraction of sp³-hybridized carbons (Fsp3) is 0.318. The lowest BCUT2D eigenvalue weighted by molar-refractivity contribution is 0.0705. The third-order valence-corrected chi connectivity index (χ3v) is 4.57. The molecule has 1 aliphatic rings. The van der Waals surface area contributed by atoms with Gasteiger partial charge in [-0.3, -0.25) is 4.79 Å². The van der Waals surface area contributed by atoms with E-state index in [0.717, 1.165) is 36.3 Å². The zero-order valence-electron chi connectivity index (χ0n) is 15.3. The molecule has 1 aliphatic heterocycles. The van der Waals surface area contributed by atoms with Crippen LogP contribution in [-0.4, -0.2) is 24.0 Å². The molecule has 0 bridgehead atoms. The Morgan fingerprint density at radius 1 is 1.15 bits per heavy atom. The number of fused-ring (bicyclic) bond motifs is 1. The van der Waals surface area contributed by atoms with E-state index in [9.17, 15) is 4.79 Å². The van der Waals surface area contributed by atoms with Crippen molar-refractivity contribution < 1.29 is 9.53 Å². The third kappa shape index (κ3) is 3.74. The van der Waals surface area contributed by atoms with Crippen molar-refractivity contribution in [2.75, 3.05) is 18.5 Å². The molecule has 0 aliphatic carbocycles. The molecule has 0 saturated carbocycles. The molecule has 26 heavy (non-hydrogen) atoms. The molecular formula is C22H26N2O2. The molecule has 2 aromatic carbocycles. The van der Waals surface area contributed by atoms with Crippen LogP contribution >= 0.6 is 0 Å². The SMILES string of the molecule is C=CCN1C(=O)c2ccccc2NC1c1ccccc1OCCCCC. The Kier molecular flexibility index (Phi) is 5.95. The van der Waals surface area contributed by atoms with Gasteiger partial charge in [0.25, 0.3) is 5.91 Å². The first-order valence-electron chi connectivity index (χ1n) is 9.25. The Morgan fingerprint density at radius 2 is 1.92 bits per heavy atom. The highest BCUT2D eigenvalue weighted by Crippen LogP contribution is 2.36. The van der Waals surface area contributed by atoms with Gasteiger partial charge in [0.05, 0.1) is 12.2 Å². The minimum atomic E-state index is -0.280. The number of rotatable bonds is 8. The topological polar surface area (TPSA) is 41.6 Å². The number of anilines is 1. The monoisotopic (exact) mass is 350 g/mol. The highest BCUT2D eigenvalue weighted by Gasteiger charge is 2.33. The Balaban J connectivity index is 1.91. The van der Waals surface area contributed by atoms with Gasteiger partial charge in [-0.05, 0) is 24.6 Å². The van der Waals surface area contributed by atoms with Crippen molar-refractivity contribution in [1.82, 2.24) is 4.90 Å². The molecule has 0 spiro atoms. The molecule has 1 N–H and O–H groups in total. The molecule has 1 amide bonds. The smallest absolute Gasteiger partial charge is 0.258 e. The molecule has 0 saturated heterocycles. The first kappa shape index (κ1) is 18.1. The number of carbonyl (C=O) groups excluding carboxylic acids is 1. The van der Waals surface area contributed by atoms with Crippen molar-refractivity contribution in [3.63, 3.8) is 0 Å². The van der Waals surface area contributed by atoms with E-state index in [0.29, 0.717) is 18.7 Å². The van der Waals surface area contributed by atoms with Crippen molar-refractivity contribution in [1.29, 1.82) is 0 Å². The summed E-state index contributed by atoms with van der Waals surface area (Å²) in [4.78, 5) is 14.8. The molecule has 0 fully saturated rings. The predicted molar refractivity (Wildman–Crippen MR) is 106 cm³/mol. The van der Waals surface area contributed by atoms with E-state index in [1.165, 1.54) is 0 Å². The number of amides is 1. The number of ether oxygens (including phenoxy) is 1. The zero-order chi connectivity index (χ0) is 18.4. The van der Waals surface area contributed by atoms with Gasteiger partial charge in [-0.2, -0.15) is 0 Å². The van der Waals surface area contributed by atoms with Crippen molar-refractivity contribution >= 4 is 11.6 Å². The van der Waals surface area contributed by atoms with Crippen LogP contribution in [-0.2, 0) is 0 Å². The van der Waals surface area contributed by atoms with Crippen molar-refractivity contribution in [3.05, 3.63) is 72.3 Å². The largest absolute Gasteiger partial charge is 0.493 e. The Bertz CT molecular complexity index is 772. The van der Waals surface area contributed by atoms with Crippen LogP contribution in [0, 0.1) is 0 Å². The Morgan fingerprint density at radius 3 is 2.73 bits per heavy atom. The maximum Gasteiger partial charge on any atom is 0.258 e. The standard InChI is InChI=1S/C22H26N2O2/c1-3-5-10-16-26-20-14-9-7-12-18(20)21-23-19-13-8-6-11-17(19)22(25)24(21)15-4-2/h4,6-9,11-14,21,23H,2-3,5,10,15-16H2,1H3. The number of nitrogens with one attached hydrogen (secondary N) is 1. The van der Waals surface area contributed by atoms with Crippen LogP contribution in [0.4, 0.5) is 5.69 Å². The molecule has 1 unspecified atom stereocenters. The van der Waals surface area contributed by atoms with Gasteiger partial charge in [0.2, 0.25) is 0 Å². The van der Waals surface area contributed by atoms with Crippen LogP contribution in [0.2, 0.25) is 0 Å². The fourth-order valence-corrected chi connectivity index (χ4v) is 3.24. The summed E-state index contributed by atoms with van der Waals surface area (Å²) in [5.41, 5.74) is 2.50. The van der Waals surface area contributed by atoms with Crippen LogP contribution < -0.4 is 10.1 Å². The second-order valence-corrected chi connectivity index (χ2v) is 6.43. The first-order chi connectivity index (χ1) is 12.8. The van der Waals surface area contributed by atoms with E-state index >= 15 is 0 Å². The highest BCUT2D eigenvalue weighted by atomic mass is 16.5.